The lowest BCUT2D eigenvalue weighted by Crippen LogP contribution is -2.30. The van der Waals surface area contributed by atoms with Gasteiger partial charge >= 0.3 is 0 Å². The van der Waals surface area contributed by atoms with Gasteiger partial charge in [0.2, 0.25) is 5.91 Å². The number of rotatable bonds is 3. The van der Waals surface area contributed by atoms with Gasteiger partial charge < -0.3 is 10.6 Å². The Balaban J connectivity index is 1.69. The molecule has 1 aliphatic heterocycles. The summed E-state index contributed by atoms with van der Waals surface area (Å²) >= 11 is 0. The monoisotopic (exact) mass is 196 g/mol. The molecule has 2 aliphatic rings. The predicted octanol–water partition coefficient (Wildman–Crippen LogP) is 0.901. The van der Waals surface area contributed by atoms with Crippen LogP contribution in [0.15, 0.2) is 0 Å². The maximum atomic E-state index is 11.6. The summed E-state index contributed by atoms with van der Waals surface area (Å²) in [5.41, 5.74) is 0.351. The Kier molecular flexibility index (Phi) is 2.52. The number of hydrogen-bond acceptors (Lipinski definition) is 2. The zero-order chi connectivity index (χ0) is 10.2. The van der Waals surface area contributed by atoms with Gasteiger partial charge in [-0.3, -0.25) is 4.79 Å². The molecule has 1 amide bonds. The molecule has 2 atom stereocenters. The molecular weight excluding hydrogens is 176 g/mol. The van der Waals surface area contributed by atoms with Crippen molar-refractivity contribution in [3.8, 4) is 0 Å². The van der Waals surface area contributed by atoms with E-state index < -0.39 is 0 Å². The van der Waals surface area contributed by atoms with E-state index in [2.05, 4.69) is 24.5 Å². The Morgan fingerprint density at radius 2 is 2.29 bits per heavy atom. The van der Waals surface area contributed by atoms with Crippen LogP contribution in [0.1, 0.15) is 33.1 Å². The van der Waals surface area contributed by atoms with E-state index in [0.717, 1.165) is 25.9 Å². The minimum Gasteiger partial charge on any atom is -0.353 e. The van der Waals surface area contributed by atoms with Crippen molar-refractivity contribution >= 4 is 5.91 Å². The lowest BCUT2D eigenvalue weighted by Gasteiger charge is -2.10. The van der Waals surface area contributed by atoms with Crippen LogP contribution in [0.25, 0.3) is 0 Å². The Morgan fingerprint density at radius 3 is 2.79 bits per heavy atom. The lowest BCUT2D eigenvalue weighted by molar-refractivity contribution is -0.122. The fourth-order valence-electron chi connectivity index (χ4n) is 2.12. The molecule has 14 heavy (non-hydrogen) atoms. The van der Waals surface area contributed by atoms with Gasteiger partial charge in [-0.15, -0.1) is 0 Å². The van der Waals surface area contributed by atoms with Crippen LogP contribution in [0.2, 0.25) is 0 Å². The Hall–Kier alpha value is -0.570. The highest BCUT2D eigenvalue weighted by Crippen LogP contribution is 2.44. The van der Waals surface area contributed by atoms with Gasteiger partial charge in [-0.05, 0) is 37.3 Å². The highest BCUT2D eigenvalue weighted by atomic mass is 16.1. The van der Waals surface area contributed by atoms with E-state index in [4.69, 9.17) is 0 Å². The summed E-state index contributed by atoms with van der Waals surface area (Å²) in [4.78, 5) is 11.6. The molecule has 80 valence electrons. The third-order valence-electron chi connectivity index (χ3n) is 3.49. The van der Waals surface area contributed by atoms with Gasteiger partial charge in [-0.2, -0.15) is 0 Å². The average Bonchev–Trinajstić information content (AvgIpc) is 2.49. The molecule has 3 heteroatoms. The van der Waals surface area contributed by atoms with Crippen LogP contribution >= 0.6 is 0 Å². The molecule has 2 fully saturated rings. The van der Waals surface area contributed by atoms with Crippen molar-refractivity contribution in [3.63, 3.8) is 0 Å². The summed E-state index contributed by atoms with van der Waals surface area (Å²) in [5, 5.41) is 6.39. The molecule has 1 saturated heterocycles. The van der Waals surface area contributed by atoms with Crippen molar-refractivity contribution in [2.45, 2.75) is 39.2 Å². The summed E-state index contributed by atoms with van der Waals surface area (Å²) in [6.45, 7) is 6.50. The van der Waals surface area contributed by atoms with E-state index in [0.29, 0.717) is 23.8 Å². The number of nitrogens with one attached hydrogen (secondary N) is 2. The molecule has 2 N–H and O–H groups in total. The third kappa shape index (κ3) is 2.27. The first-order valence-electron chi connectivity index (χ1n) is 5.58. The van der Waals surface area contributed by atoms with E-state index in [1.54, 1.807) is 0 Å². The zero-order valence-electron chi connectivity index (χ0n) is 9.10. The highest BCUT2D eigenvalue weighted by Gasteiger charge is 2.46. The largest absolute Gasteiger partial charge is 0.353 e. The van der Waals surface area contributed by atoms with Gasteiger partial charge in [0.15, 0.2) is 0 Å². The normalized spacial score (nSPS) is 34.1. The van der Waals surface area contributed by atoms with E-state index in [-0.39, 0.29) is 5.91 Å². The first kappa shape index (κ1) is 9.97. The number of carbonyl (C=O) groups is 1. The second kappa shape index (κ2) is 3.54. The minimum absolute atomic E-state index is 0.245. The van der Waals surface area contributed by atoms with Crippen LogP contribution in [0.4, 0.5) is 0 Å². The molecule has 0 spiro atoms. The quantitative estimate of drug-likeness (QED) is 0.704. The van der Waals surface area contributed by atoms with Crippen LogP contribution in [0, 0.1) is 11.3 Å². The number of hydrogen-bond donors (Lipinski definition) is 2. The summed E-state index contributed by atoms with van der Waals surface area (Å²) in [6, 6.07) is 0.435. The standard InChI is InChI=1S/C11H20N2O/c1-11(2)6-9(11)13-10(14)5-8-3-4-12-7-8/h8-9,12H,3-7H2,1-2H3,(H,13,14)/t8-,9?/m0/s1. The lowest BCUT2D eigenvalue weighted by atomic mass is 10.0. The fourth-order valence-corrected chi connectivity index (χ4v) is 2.12. The average molecular weight is 196 g/mol. The van der Waals surface area contributed by atoms with E-state index >= 15 is 0 Å². The molecule has 0 radical (unpaired) electrons. The molecule has 3 nitrogen and oxygen atoms in total. The van der Waals surface area contributed by atoms with Crippen LogP contribution < -0.4 is 10.6 Å². The van der Waals surface area contributed by atoms with Crippen LogP contribution in [0.5, 0.6) is 0 Å². The molecule has 0 aromatic rings. The van der Waals surface area contributed by atoms with Crippen LogP contribution in [0.3, 0.4) is 0 Å². The molecule has 0 aromatic carbocycles. The van der Waals surface area contributed by atoms with Crippen molar-refractivity contribution in [1.82, 2.24) is 10.6 Å². The second-order valence-corrected chi connectivity index (χ2v) is 5.38. The van der Waals surface area contributed by atoms with Gasteiger partial charge in [0, 0.05) is 12.5 Å². The van der Waals surface area contributed by atoms with Crippen molar-refractivity contribution in [2.24, 2.45) is 11.3 Å². The van der Waals surface area contributed by atoms with Crippen molar-refractivity contribution in [1.29, 1.82) is 0 Å². The van der Waals surface area contributed by atoms with Crippen LogP contribution in [-0.4, -0.2) is 25.0 Å². The Morgan fingerprint density at radius 1 is 1.57 bits per heavy atom. The molecule has 0 aromatic heterocycles. The fraction of sp³-hybridized carbons (Fsp3) is 0.909. The van der Waals surface area contributed by atoms with Gasteiger partial charge in [0.25, 0.3) is 0 Å². The highest BCUT2D eigenvalue weighted by molar-refractivity contribution is 5.77. The molecule has 2 rings (SSSR count). The molecule has 1 unspecified atom stereocenters. The summed E-state index contributed by atoms with van der Waals surface area (Å²) in [7, 11) is 0. The number of carbonyl (C=O) groups excluding carboxylic acids is 1. The summed E-state index contributed by atoms with van der Waals surface area (Å²) in [6.07, 6.45) is 3.00. The molecule has 0 bridgehead atoms. The first-order chi connectivity index (χ1) is 6.58. The van der Waals surface area contributed by atoms with E-state index in [1.165, 1.54) is 0 Å². The SMILES string of the molecule is CC1(C)CC1NC(=O)C[C@@H]1CCNC1. The molecule has 1 aliphatic carbocycles. The van der Waals surface area contributed by atoms with Gasteiger partial charge in [0.1, 0.15) is 0 Å². The molecule has 1 saturated carbocycles. The van der Waals surface area contributed by atoms with Crippen molar-refractivity contribution < 1.29 is 4.79 Å². The van der Waals surface area contributed by atoms with Crippen LogP contribution in [-0.2, 0) is 4.79 Å². The maximum absolute atomic E-state index is 11.6. The molecular formula is C11H20N2O. The minimum atomic E-state index is 0.245. The summed E-state index contributed by atoms with van der Waals surface area (Å²) < 4.78 is 0. The summed E-state index contributed by atoms with van der Waals surface area (Å²) in [5.74, 6) is 0.811. The predicted molar refractivity (Wildman–Crippen MR) is 55.9 cm³/mol. The maximum Gasteiger partial charge on any atom is 0.220 e. The Labute approximate surface area is 85.6 Å². The first-order valence-corrected chi connectivity index (χ1v) is 5.58. The topological polar surface area (TPSA) is 41.1 Å². The van der Waals surface area contributed by atoms with E-state index in [1.807, 2.05) is 0 Å². The Bertz CT molecular complexity index is 223. The van der Waals surface area contributed by atoms with E-state index in [9.17, 15) is 4.79 Å². The van der Waals surface area contributed by atoms with Gasteiger partial charge in [-0.1, -0.05) is 13.8 Å². The third-order valence-corrected chi connectivity index (χ3v) is 3.49. The molecule has 1 heterocycles. The van der Waals surface area contributed by atoms with Crippen molar-refractivity contribution in [2.75, 3.05) is 13.1 Å². The number of amides is 1. The van der Waals surface area contributed by atoms with Gasteiger partial charge in [-0.25, -0.2) is 0 Å². The second-order valence-electron chi connectivity index (χ2n) is 5.38. The van der Waals surface area contributed by atoms with Crippen molar-refractivity contribution in [3.05, 3.63) is 0 Å². The zero-order valence-corrected chi connectivity index (χ0v) is 9.10. The van der Waals surface area contributed by atoms with Gasteiger partial charge in [0.05, 0.1) is 0 Å². The smallest absolute Gasteiger partial charge is 0.220 e.